The Balaban J connectivity index is 2.80. The second kappa shape index (κ2) is 11.2. The van der Waals surface area contributed by atoms with Gasteiger partial charge in [-0.3, -0.25) is 9.59 Å². The summed E-state index contributed by atoms with van der Waals surface area (Å²) in [6.45, 7) is 10.0. The highest BCUT2D eigenvalue weighted by molar-refractivity contribution is 5.78. The fourth-order valence-electron chi connectivity index (χ4n) is 2.54. The van der Waals surface area contributed by atoms with Crippen molar-refractivity contribution in [2.24, 2.45) is 0 Å². The zero-order chi connectivity index (χ0) is 19.5. The van der Waals surface area contributed by atoms with Crippen molar-refractivity contribution < 1.29 is 23.8 Å². The van der Waals surface area contributed by atoms with Crippen LogP contribution in [0.25, 0.3) is 0 Å². The maximum absolute atomic E-state index is 12.1. The van der Waals surface area contributed by atoms with Crippen LogP contribution in [0.1, 0.15) is 27.7 Å². The molecule has 26 heavy (non-hydrogen) atoms. The van der Waals surface area contributed by atoms with Crippen LogP contribution >= 0.6 is 0 Å². The van der Waals surface area contributed by atoms with E-state index in [9.17, 15) is 9.59 Å². The highest BCUT2D eigenvalue weighted by Gasteiger charge is 2.17. The van der Waals surface area contributed by atoms with E-state index < -0.39 is 0 Å². The molecule has 1 aromatic rings. The third-order valence-corrected chi connectivity index (χ3v) is 4.08. The number of para-hydroxylation sites is 1. The first kappa shape index (κ1) is 21.6. The molecule has 0 spiro atoms. The molecule has 0 unspecified atom stereocenters. The number of nitrogens with zero attached hydrogens (tertiary/aromatic N) is 2. The first-order valence-electron chi connectivity index (χ1n) is 9.00. The molecule has 0 saturated heterocycles. The Morgan fingerprint density at radius 1 is 0.808 bits per heavy atom. The van der Waals surface area contributed by atoms with Gasteiger partial charge in [-0.05, 0) is 39.8 Å². The Morgan fingerprint density at radius 3 is 1.50 bits per heavy atom. The molecule has 7 nitrogen and oxygen atoms in total. The van der Waals surface area contributed by atoms with E-state index in [1.807, 2.05) is 27.7 Å². The molecule has 0 heterocycles. The monoisotopic (exact) mass is 366 g/mol. The van der Waals surface area contributed by atoms with E-state index >= 15 is 0 Å². The molecule has 0 saturated carbocycles. The molecular formula is C19H30N2O5. The number of rotatable bonds is 11. The number of carbonyl (C=O) groups is 2. The zero-order valence-corrected chi connectivity index (χ0v) is 16.4. The predicted octanol–water partition coefficient (Wildman–Crippen LogP) is 2.19. The molecule has 146 valence electrons. The highest BCUT2D eigenvalue weighted by atomic mass is 16.5. The molecule has 0 aromatic heterocycles. The molecule has 0 atom stereocenters. The fraction of sp³-hybridized carbons (Fsp3) is 0.579. The summed E-state index contributed by atoms with van der Waals surface area (Å²) in [6.07, 6.45) is 0. The minimum Gasteiger partial charge on any atom is -0.490 e. The Morgan fingerprint density at radius 2 is 1.19 bits per heavy atom. The third-order valence-electron chi connectivity index (χ3n) is 4.08. The number of hydrogen-bond donors (Lipinski definition) is 0. The molecule has 2 amide bonds. The number of ether oxygens (including phenoxy) is 3. The standard InChI is InChI=1S/C19H30N2O5/c1-6-20(7-2)17(22)13-25-15-11-10-12-16(19(15)24-5)26-14-18(23)21(8-3)9-4/h10-12H,6-9,13-14H2,1-5H3. The molecule has 0 bridgehead atoms. The third kappa shape index (κ3) is 5.82. The van der Waals surface area contributed by atoms with Crippen LogP contribution in [-0.2, 0) is 9.59 Å². The average molecular weight is 366 g/mol. The Bertz CT molecular complexity index is 537. The van der Waals surface area contributed by atoms with E-state index in [2.05, 4.69) is 0 Å². The second-order valence-electron chi connectivity index (χ2n) is 5.50. The van der Waals surface area contributed by atoms with E-state index in [4.69, 9.17) is 14.2 Å². The van der Waals surface area contributed by atoms with Crippen LogP contribution in [0.3, 0.4) is 0 Å². The Labute approximate surface area is 155 Å². The van der Waals surface area contributed by atoms with Crippen molar-refractivity contribution in [3.63, 3.8) is 0 Å². The number of amides is 2. The molecular weight excluding hydrogens is 336 g/mol. The Hall–Kier alpha value is -2.44. The van der Waals surface area contributed by atoms with Crippen molar-refractivity contribution in [2.45, 2.75) is 27.7 Å². The largest absolute Gasteiger partial charge is 0.490 e. The number of likely N-dealkylation sites (N-methyl/N-ethyl adjacent to an activating group) is 2. The summed E-state index contributed by atoms with van der Waals surface area (Å²) in [5.41, 5.74) is 0. The van der Waals surface area contributed by atoms with Crippen LogP contribution in [-0.4, -0.2) is 68.1 Å². The molecule has 7 heteroatoms. The fourth-order valence-corrected chi connectivity index (χ4v) is 2.54. The second-order valence-corrected chi connectivity index (χ2v) is 5.50. The molecule has 0 N–H and O–H groups in total. The van der Waals surface area contributed by atoms with Gasteiger partial charge in [0.2, 0.25) is 5.75 Å². The first-order chi connectivity index (χ1) is 12.5. The van der Waals surface area contributed by atoms with Gasteiger partial charge < -0.3 is 24.0 Å². The maximum Gasteiger partial charge on any atom is 0.260 e. The van der Waals surface area contributed by atoms with Crippen LogP contribution in [0.5, 0.6) is 17.2 Å². The summed E-state index contributed by atoms with van der Waals surface area (Å²) < 4.78 is 16.6. The lowest BCUT2D eigenvalue weighted by molar-refractivity contribution is -0.133. The van der Waals surface area contributed by atoms with Crippen LogP contribution in [0.15, 0.2) is 18.2 Å². The van der Waals surface area contributed by atoms with Gasteiger partial charge in [-0.2, -0.15) is 0 Å². The minimum atomic E-state index is -0.0971. The number of hydrogen-bond acceptors (Lipinski definition) is 5. The van der Waals surface area contributed by atoms with Crippen molar-refractivity contribution in [1.29, 1.82) is 0 Å². The summed E-state index contributed by atoms with van der Waals surface area (Å²) in [5.74, 6) is 0.981. The molecule has 0 radical (unpaired) electrons. The van der Waals surface area contributed by atoms with Crippen molar-refractivity contribution in [3.05, 3.63) is 18.2 Å². The number of benzene rings is 1. The van der Waals surface area contributed by atoms with Gasteiger partial charge in [0.15, 0.2) is 24.7 Å². The van der Waals surface area contributed by atoms with Crippen LogP contribution in [0, 0.1) is 0 Å². The average Bonchev–Trinajstić information content (AvgIpc) is 2.66. The molecule has 0 aliphatic rings. The minimum absolute atomic E-state index is 0.0835. The Kier molecular flexibility index (Phi) is 9.33. The smallest absolute Gasteiger partial charge is 0.260 e. The van der Waals surface area contributed by atoms with Gasteiger partial charge in [0, 0.05) is 26.2 Å². The molecule has 0 aliphatic heterocycles. The summed E-state index contributed by atoms with van der Waals surface area (Å²) in [4.78, 5) is 27.6. The lowest BCUT2D eigenvalue weighted by Crippen LogP contribution is -2.34. The zero-order valence-electron chi connectivity index (χ0n) is 16.4. The van der Waals surface area contributed by atoms with Gasteiger partial charge in [0.05, 0.1) is 7.11 Å². The summed E-state index contributed by atoms with van der Waals surface area (Å²) in [5, 5.41) is 0. The first-order valence-corrected chi connectivity index (χ1v) is 9.00. The highest BCUT2D eigenvalue weighted by Crippen LogP contribution is 2.36. The van der Waals surface area contributed by atoms with E-state index in [0.29, 0.717) is 43.4 Å². The van der Waals surface area contributed by atoms with Crippen molar-refractivity contribution >= 4 is 11.8 Å². The van der Waals surface area contributed by atoms with E-state index in [1.165, 1.54) is 7.11 Å². The van der Waals surface area contributed by atoms with Crippen molar-refractivity contribution in [2.75, 3.05) is 46.5 Å². The van der Waals surface area contributed by atoms with Gasteiger partial charge in [0.25, 0.3) is 11.8 Å². The van der Waals surface area contributed by atoms with E-state index in [1.54, 1.807) is 28.0 Å². The van der Waals surface area contributed by atoms with Crippen LogP contribution < -0.4 is 14.2 Å². The predicted molar refractivity (Wildman–Crippen MR) is 99.8 cm³/mol. The summed E-state index contributed by atoms with van der Waals surface area (Å²) in [6, 6.07) is 5.14. The lowest BCUT2D eigenvalue weighted by atomic mass is 10.3. The van der Waals surface area contributed by atoms with Crippen LogP contribution in [0.2, 0.25) is 0 Å². The molecule has 0 fully saturated rings. The van der Waals surface area contributed by atoms with Gasteiger partial charge in [0.1, 0.15) is 0 Å². The SMILES string of the molecule is CCN(CC)C(=O)COc1cccc(OCC(=O)N(CC)CC)c1OC. The normalized spacial score (nSPS) is 10.2. The number of methoxy groups -OCH3 is 1. The summed E-state index contributed by atoms with van der Waals surface area (Å²) in [7, 11) is 1.49. The number of carbonyl (C=O) groups excluding carboxylic acids is 2. The molecule has 1 rings (SSSR count). The van der Waals surface area contributed by atoms with E-state index in [0.717, 1.165) is 0 Å². The van der Waals surface area contributed by atoms with Gasteiger partial charge in [-0.25, -0.2) is 0 Å². The van der Waals surface area contributed by atoms with E-state index in [-0.39, 0.29) is 25.0 Å². The quantitative estimate of drug-likeness (QED) is 0.600. The topological polar surface area (TPSA) is 68.3 Å². The van der Waals surface area contributed by atoms with Crippen LogP contribution in [0.4, 0.5) is 0 Å². The maximum atomic E-state index is 12.1. The van der Waals surface area contributed by atoms with Gasteiger partial charge in [-0.1, -0.05) is 6.07 Å². The molecule has 1 aromatic carbocycles. The summed E-state index contributed by atoms with van der Waals surface area (Å²) >= 11 is 0. The molecule has 0 aliphatic carbocycles. The lowest BCUT2D eigenvalue weighted by Gasteiger charge is -2.21. The van der Waals surface area contributed by atoms with Gasteiger partial charge in [-0.15, -0.1) is 0 Å². The van der Waals surface area contributed by atoms with Crippen molar-refractivity contribution in [3.8, 4) is 17.2 Å². The van der Waals surface area contributed by atoms with Crippen molar-refractivity contribution in [1.82, 2.24) is 9.80 Å². The van der Waals surface area contributed by atoms with Gasteiger partial charge >= 0.3 is 0 Å².